The Hall–Kier alpha value is -3.52. The van der Waals surface area contributed by atoms with Gasteiger partial charge in [0.05, 0.1) is 37.9 Å². The number of Topliss-reactive ketones (excluding diaryl/α,β-unsaturated/α-hetero) is 1. The van der Waals surface area contributed by atoms with Crippen LogP contribution in [0.3, 0.4) is 0 Å². The van der Waals surface area contributed by atoms with E-state index in [0.717, 1.165) is 19.4 Å². The zero-order valence-electron chi connectivity index (χ0n) is 20.6. The molecule has 1 atom stereocenters. The molecule has 0 spiro atoms. The largest absolute Gasteiger partial charge is 0.507 e. The Morgan fingerprint density at radius 1 is 1.29 bits per heavy atom. The fourth-order valence-electron chi connectivity index (χ4n) is 4.77. The van der Waals surface area contributed by atoms with Crippen molar-refractivity contribution < 1.29 is 33.6 Å². The molecule has 186 valence electrons. The molecule has 0 radical (unpaired) electrons. The summed E-state index contributed by atoms with van der Waals surface area (Å²) in [6, 6.07) is 6.98. The maximum absolute atomic E-state index is 13.3. The number of aryl methyl sites for hydroxylation is 1. The predicted octanol–water partition coefficient (Wildman–Crippen LogP) is 4.11. The van der Waals surface area contributed by atoms with Crippen LogP contribution in [0.15, 0.2) is 30.0 Å². The van der Waals surface area contributed by atoms with Crippen LogP contribution in [0.1, 0.15) is 46.8 Å². The second kappa shape index (κ2) is 10.4. The van der Waals surface area contributed by atoms with E-state index in [0.29, 0.717) is 59.2 Å². The minimum atomic E-state index is -0.258. The van der Waals surface area contributed by atoms with Gasteiger partial charge in [0.25, 0.3) is 0 Å². The molecule has 8 heteroatoms. The van der Waals surface area contributed by atoms with Crippen LogP contribution in [-0.2, 0) is 16.1 Å². The lowest BCUT2D eigenvalue weighted by atomic mass is 9.96. The molecule has 0 saturated carbocycles. The number of esters is 1. The van der Waals surface area contributed by atoms with Crippen LogP contribution in [0.25, 0.3) is 6.08 Å². The Morgan fingerprint density at radius 3 is 2.80 bits per heavy atom. The van der Waals surface area contributed by atoms with Crippen LogP contribution in [0, 0.1) is 12.8 Å². The number of allylic oxidation sites excluding steroid dienone is 1. The van der Waals surface area contributed by atoms with E-state index in [1.807, 2.05) is 6.07 Å². The molecule has 4 rings (SSSR count). The first-order valence-electron chi connectivity index (χ1n) is 11.8. The van der Waals surface area contributed by atoms with Crippen LogP contribution >= 0.6 is 0 Å². The van der Waals surface area contributed by atoms with Gasteiger partial charge in [0.2, 0.25) is 5.78 Å². The van der Waals surface area contributed by atoms with Gasteiger partial charge >= 0.3 is 5.97 Å². The molecule has 2 aromatic carbocycles. The number of methoxy groups -OCH3 is 2. The average Bonchev–Trinajstić information content (AvgIpc) is 3.18. The normalized spacial score (nSPS) is 18.8. The number of phenols is 1. The van der Waals surface area contributed by atoms with Crippen LogP contribution in [0.4, 0.5) is 0 Å². The van der Waals surface area contributed by atoms with Crippen molar-refractivity contribution in [3.05, 3.63) is 52.3 Å². The van der Waals surface area contributed by atoms with Crippen molar-refractivity contribution in [2.75, 3.05) is 33.9 Å². The van der Waals surface area contributed by atoms with Crippen LogP contribution in [-0.4, -0.2) is 55.7 Å². The Bertz CT molecular complexity index is 1170. The summed E-state index contributed by atoms with van der Waals surface area (Å²) < 4.78 is 22.1. The third-order valence-corrected chi connectivity index (χ3v) is 6.45. The lowest BCUT2D eigenvalue weighted by Gasteiger charge is -2.31. The number of piperidine rings is 1. The summed E-state index contributed by atoms with van der Waals surface area (Å²) in [6.07, 6.45) is 3.25. The highest BCUT2D eigenvalue weighted by molar-refractivity contribution is 6.16. The lowest BCUT2D eigenvalue weighted by molar-refractivity contribution is -0.150. The van der Waals surface area contributed by atoms with E-state index in [1.165, 1.54) is 7.11 Å². The first-order valence-corrected chi connectivity index (χ1v) is 11.8. The van der Waals surface area contributed by atoms with E-state index in [-0.39, 0.29) is 29.2 Å². The monoisotopic (exact) mass is 481 g/mol. The Labute approximate surface area is 205 Å². The Morgan fingerprint density at radius 2 is 2.09 bits per heavy atom. The average molecular weight is 482 g/mol. The van der Waals surface area contributed by atoms with Gasteiger partial charge in [0.15, 0.2) is 17.3 Å². The van der Waals surface area contributed by atoms with E-state index in [9.17, 15) is 14.7 Å². The van der Waals surface area contributed by atoms with Gasteiger partial charge < -0.3 is 24.1 Å². The number of hydrogen-bond acceptors (Lipinski definition) is 8. The van der Waals surface area contributed by atoms with E-state index in [1.54, 1.807) is 45.2 Å². The maximum atomic E-state index is 13.3. The molecule has 8 nitrogen and oxygen atoms in total. The van der Waals surface area contributed by atoms with Crippen molar-refractivity contribution in [1.82, 2.24) is 4.90 Å². The summed E-state index contributed by atoms with van der Waals surface area (Å²) in [5.74, 6) is 0.943. The quantitative estimate of drug-likeness (QED) is 0.466. The first-order chi connectivity index (χ1) is 16.9. The van der Waals surface area contributed by atoms with Crippen molar-refractivity contribution in [2.24, 2.45) is 5.92 Å². The van der Waals surface area contributed by atoms with E-state index in [2.05, 4.69) is 4.90 Å². The summed E-state index contributed by atoms with van der Waals surface area (Å²) in [4.78, 5) is 27.7. The van der Waals surface area contributed by atoms with Gasteiger partial charge in [0, 0.05) is 18.7 Å². The number of benzene rings is 2. The third-order valence-electron chi connectivity index (χ3n) is 6.45. The van der Waals surface area contributed by atoms with Crippen LogP contribution in [0.2, 0.25) is 0 Å². The minimum Gasteiger partial charge on any atom is -0.507 e. The lowest BCUT2D eigenvalue weighted by Crippen LogP contribution is -2.39. The summed E-state index contributed by atoms with van der Waals surface area (Å²) in [5.41, 5.74) is 2.24. The number of carbonyl (C=O) groups excluding carboxylic acids is 2. The van der Waals surface area contributed by atoms with Crippen molar-refractivity contribution in [2.45, 2.75) is 33.2 Å². The number of likely N-dealkylation sites (tertiary alicyclic amines) is 1. The van der Waals surface area contributed by atoms with Crippen molar-refractivity contribution >= 4 is 17.8 Å². The molecule has 1 saturated heterocycles. The van der Waals surface area contributed by atoms with Gasteiger partial charge in [-0.2, -0.15) is 0 Å². The number of fused-ring (bicyclic) bond motifs is 1. The fraction of sp³-hybridized carbons (Fsp3) is 0.407. The molecule has 35 heavy (non-hydrogen) atoms. The molecule has 0 aromatic heterocycles. The zero-order chi connectivity index (χ0) is 25.1. The number of rotatable bonds is 7. The predicted molar refractivity (Wildman–Crippen MR) is 130 cm³/mol. The molecule has 0 amide bonds. The number of ketones is 1. The van der Waals surface area contributed by atoms with Crippen molar-refractivity contribution in [3.63, 3.8) is 0 Å². The molecule has 2 heterocycles. The number of ether oxygens (including phenoxy) is 4. The molecule has 1 N–H and O–H groups in total. The highest BCUT2D eigenvalue weighted by Gasteiger charge is 2.35. The van der Waals surface area contributed by atoms with Gasteiger partial charge in [-0.1, -0.05) is 12.1 Å². The number of phenolic OH excluding ortho intramolecular Hbond substituents is 1. The summed E-state index contributed by atoms with van der Waals surface area (Å²) in [6.45, 7) is 5.58. The van der Waals surface area contributed by atoms with Gasteiger partial charge in [-0.05, 0) is 57.0 Å². The number of aromatic hydroxyl groups is 1. The molecule has 2 aromatic rings. The standard InChI is InChI=1S/C27H31NO7/c1-5-34-27(31)18-9-7-11-28(14-18)15-19-20(29)12-16(2)23-24(30)22(35-26(19)23)13-17-8-6-10-21(32-3)25(17)33-4/h6,8,10,12-13,18,29H,5,7,9,11,14-15H2,1-4H3/b22-13-. The van der Waals surface area contributed by atoms with Gasteiger partial charge in [-0.25, -0.2) is 0 Å². The van der Waals surface area contributed by atoms with E-state index >= 15 is 0 Å². The van der Waals surface area contributed by atoms with Gasteiger partial charge in [-0.15, -0.1) is 0 Å². The SMILES string of the molecule is CCOC(=O)C1CCCN(Cc2c(O)cc(C)c3c2O/C(=C\c2cccc(OC)c2OC)C3=O)C1. The molecule has 0 bridgehead atoms. The van der Waals surface area contributed by atoms with E-state index < -0.39 is 0 Å². The molecule has 1 fully saturated rings. The molecule has 0 aliphatic carbocycles. The maximum Gasteiger partial charge on any atom is 0.310 e. The molecule has 1 unspecified atom stereocenters. The molecular weight excluding hydrogens is 450 g/mol. The highest BCUT2D eigenvalue weighted by Crippen LogP contribution is 2.43. The third kappa shape index (κ3) is 4.84. The summed E-state index contributed by atoms with van der Waals surface area (Å²) >= 11 is 0. The van der Waals surface area contributed by atoms with Gasteiger partial charge in [-0.3, -0.25) is 14.5 Å². The van der Waals surface area contributed by atoms with Gasteiger partial charge in [0.1, 0.15) is 11.5 Å². The second-order valence-corrected chi connectivity index (χ2v) is 8.74. The Balaban J connectivity index is 1.65. The smallest absolute Gasteiger partial charge is 0.310 e. The molecule has 2 aliphatic rings. The highest BCUT2D eigenvalue weighted by atomic mass is 16.5. The Kier molecular flexibility index (Phi) is 7.31. The van der Waals surface area contributed by atoms with Crippen molar-refractivity contribution in [1.29, 1.82) is 0 Å². The second-order valence-electron chi connectivity index (χ2n) is 8.74. The number of hydrogen-bond donors (Lipinski definition) is 1. The van der Waals surface area contributed by atoms with Crippen LogP contribution in [0.5, 0.6) is 23.0 Å². The topological polar surface area (TPSA) is 94.5 Å². The first kappa shape index (κ1) is 24.6. The van der Waals surface area contributed by atoms with Crippen LogP contribution < -0.4 is 14.2 Å². The fourth-order valence-corrected chi connectivity index (χ4v) is 4.77. The summed E-state index contributed by atoms with van der Waals surface area (Å²) in [5, 5.41) is 10.8. The number of para-hydroxylation sites is 1. The van der Waals surface area contributed by atoms with E-state index in [4.69, 9.17) is 18.9 Å². The molecule has 2 aliphatic heterocycles. The number of carbonyl (C=O) groups is 2. The van der Waals surface area contributed by atoms with Crippen molar-refractivity contribution in [3.8, 4) is 23.0 Å². The number of nitrogens with zero attached hydrogens (tertiary/aromatic N) is 1. The zero-order valence-corrected chi connectivity index (χ0v) is 20.6. The molecular formula is C27H31NO7. The summed E-state index contributed by atoms with van der Waals surface area (Å²) in [7, 11) is 3.09. The minimum absolute atomic E-state index is 0.0625.